The molecule has 0 aliphatic carbocycles. The molecule has 0 bridgehead atoms. The van der Waals surface area contributed by atoms with Gasteiger partial charge in [-0.15, -0.1) is 0 Å². The molecule has 1 aromatic heterocycles. The molecule has 15 heavy (non-hydrogen) atoms. The van der Waals surface area contributed by atoms with Gasteiger partial charge in [0.1, 0.15) is 5.75 Å². The van der Waals surface area contributed by atoms with Crippen LogP contribution in [0, 0.1) is 0 Å². The lowest BCUT2D eigenvalue weighted by Gasteiger charge is -2.05. The van der Waals surface area contributed by atoms with Gasteiger partial charge in [-0.1, -0.05) is 17.3 Å². The van der Waals surface area contributed by atoms with E-state index in [0.29, 0.717) is 17.1 Å². The van der Waals surface area contributed by atoms with Crippen molar-refractivity contribution in [3.8, 4) is 17.1 Å². The lowest BCUT2D eigenvalue weighted by atomic mass is 10.1. The molecule has 0 spiro atoms. The highest BCUT2D eigenvalue weighted by Crippen LogP contribution is 2.31. The van der Waals surface area contributed by atoms with Crippen LogP contribution in [0.3, 0.4) is 0 Å². The monoisotopic (exact) mass is 205 g/mol. The van der Waals surface area contributed by atoms with Crippen LogP contribution in [-0.2, 0) is 6.61 Å². The Labute approximate surface area is 87.1 Å². The van der Waals surface area contributed by atoms with Crippen LogP contribution in [0.5, 0.6) is 5.75 Å². The van der Waals surface area contributed by atoms with E-state index in [4.69, 9.17) is 14.4 Å². The molecule has 0 amide bonds. The van der Waals surface area contributed by atoms with E-state index in [9.17, 15) is 0 Å². The Morgan fingerprint density at radius 3 is 2.93 bits per heavy atom. The van der Waals surface area contributed by atoms with E-state index in [1.165, 1.54) is 6.20 Å². The van der Waals surface area contributed by atoms with E-state index in [1.807, 2.05) is 24.3 Å². The fourth-order valence-corrected chi connectivity index (χ4v) is 1.43. The highest BCUT2D eigenvalue weighted by Gasteiger charge is 2.13. The maximum atomic E-state index is 9.09. The van der Waals surface area contributed by atoms with Crippen LogP contribution in [-0.4, -0.2) is 17.4 Å². The minimum Gasteiger partial charge on any atom is -0.496 e. The molecule has 4 heteroatoms. The summed E-state index contributed by atoms with van der Waals surface area (Å²) in [5, 5.41) is 12.7. The van der Waals surface area contributed by atoms with Crippen LogP contribution >= 0.6 is 0 Å². The summed E-state index contributed by atoms with van der Waals surface area (Å²) in [5.74, 6) is 1.25. The van der Waals surface area contributed by atoms with Crippen LogP contribution in [0.4, 0.5) is 0 Å². The van der Waals surface area contributed by atoms with Crippen molar-refractivity contribution in [2.45, 2.75) is 6.61 Å². The Balaban J connectivity index is 2.53. The lowest BCUT2D eigenvalue weighted by Crippen LogP contribution is -1.89. The van der Waals surface area contributed by atoms with Gasteiger partial charge in [0, 0.05) is 5.56 Å². The Bertz CT molecular complexity index is 451. The minimum atomic E-state index is -0.100. The normalized spacial score (nSPS) is 10.3. The van der Waals surface area contributed by atoms with Crippen LogP contribution in [0.25, 0.3) is 11.3 Å². The second-order valence-corrected chi connectivity index (χ2v) is 3.04. The Hall–Kier alpha value is -1.81. The Morgan fingerprint density at radius 1 is 1.40 bits per heavy atom. The van der Waals surface area contributed by atoms with Crippen molar-refractivity contribution in [3.05, 3.63) is 36.0 Å². The number of benzene rings is 1. The smallest absolute Gasteiger partial charge is 0.176 e. The highest BCUT2D eigenvalue weighted by atomic mass is 16.5. The molecule has 0 saturated heterocycles. The molecule has 4 nitrogen and oxygen atoms in total. The van der Waals surface area contributed by atoms with Gasteiger partial charge in [0.2, 0.25) is 0 Å². The highest BCUT2D eigenvalue weighted by molar-refractivity contribution is 5.67. The second-order valence-electron chi connectivity index (χ2n) is 3.04. The largest absolute Gasteiger partial charge is 0.496 e. The van der Waals surface area contributed by atoms with Gasteiger partial charge in [0.25, 0.3) is 0 Å². The van der Waals surface area contributed by atoms with Gasteiger partial charge in [0.15, 0.2) is 5.76 Å². The molecule has 2 aromatic rings. The lowest BCUT2D eigenvalue weighted by molar-refractivity contribution is 0.281. The van der Waals surface area contributed by atoms with Gasteiger partial charge >= 0.3 is 0 Å². The standard InChI is InChI=1S/C11H11NO3/c1-14-10-5-3-2-4-9(10)11-8(7-13)6-12-15-11/h2-6,13H,7H2,1H3. The summed E-state index contributed by atoms with van der Waals surface area (Å²) in [4.78, 5) is 0. The summed E-state index contributed by atoms with van der Waals surface area (Å²) in [5.41, 5.74) is 1.45. The summed E-state index contributed by atoms with van der Waals surface area (Å²) in [6, 6.07) is 7.44. The summed E-state index contributed by atoms with van der Waals surface area (Å²) in [6.07, 6.45) is 1.50. The predicted molar refractivity (Wildman–Crippen MR) is 54.4 cm³/mol. The number of nitrogens with zero attached hydrogens (tertiary/aromatic N) is 1. The third-order valence-corrected chi connectivity index (χ3v) is 2.17. The van der Waals surface area contributed by atoms with E-state index in [0.717, 1.165) is 5.56 Å². The van der Waals surface area contributed by atoms with Crippen molar-refractivity contribution in [1.29, 1.82) is 0 Å². The molecule has 0 radical (unpaired) electrons. The molecule has 0 atom stereocenters. The maximum Gasteiger partial charge on any atom is 0.176 e. The Morgan fingerprint density at radius 2 is 2.20 bits per heavy atom. The SMILES string of the molecule is COc1ccccc1-c1oncc1CO. The fourth-order valence-electron chi connectivity index (χ4n) is 1.43. The van der Waals surface area contributed by atoms with Gasteiger partial charge in [-0.25, -0.2) is 0 Å². The zero-order chi connectivity index (χ0) is 10.7. The number of rotatable bonds is 3. The minimum absolute atomic E-state index is 0.100. The van der Waals surface area contributed by atoms with E-state index in [1.54, 1.807) is 7.11 Å². The van der Waals surface area contributed by atoms with Gasteiger partial charge in [-0.05, 0) is 12.1 Å². The number of methoxy groups -OCH3 is 1. The van der Waals surface area contributed by atoms with Gasteiger partial charge in [-0.3, -0.25) is 0 Å². The summed E-state index contributed by atoms with van der Waals surface area (Å²) in [6.45, 7) is -0.100. The summed E-state index contributed by atoms with van der Waals surface area (Å²) >= 11 is 0. The average Bonchev–Trinajstić information content (AvgIpc) is 2.76. The van der Waals surface area contributed by atoms with Crippen molar-refractivity contribution in [3.63, 3.8) is 0 Å². The van der Waals surface area contributed by atoms with Gasteiger partial charge < -0.3 is 14.4 Å². The topological polar surface area (TPSA) is 55.5 Å². The molecule has 1 aromatic carbocycles. The zero-order valence-electron chi connectivity index (χ0n) is 8.30. The third-order valence-electron chi connectivity index (χ3n) is 2.17. The number of aliphatic hydroxyl groups is 1. The predicted octanol–water partition coefficient (Wildman–Crippen LogP) is 1.84. The zero-order valence-corrected chi connectivity index (χ0v) is 8.30. The van der Waals surface area contributed by atoms with E-state index < -0.39 is 0 Å². The number of aliphatic hydroxyl groups excluding tert-OH is 1. The molecule has 1 heterocycles. The molecule has 78 valence electrons. The first-order valence-electron chi connectivity index (χ1n) is 4.54. The van der Waals surface area contributed by atoms with Crippen molar-refractivity contribution >= 4 is 0 Å². The molecule has 0 aliphatic heterocycles. The number of hydrogen-bond acceptors (Lipinski definition) is 4. The van der Waals surface area contributed by atoms with Crippen molar-refractivity contribution in [2.24, 2.45) is 0 Å². The fraction of sp³-hybridized carbons (Fsp3) is 0.182. The molecule has 1 N–H and O–H groups in total. The molecular weight excluding hydrogens is 194 g/mol. The molecule has 0 saturated carbocycles. The number of hydrogen-bond donors (Lipinski definition) is 1. The molecule has 0 fully saturated rings. The maximum absolute atomic E-state index is 9.09. The summed E-state index contributed by atoms with van der Waals surface area (Å²) in [7, 11) is 1.59. The van der Waals surface area contributed by atoms with Crippen LogP contribution in [0.2, 0.25) is 0 Å². The molecule has 0 aliphatic rings. The van der Waals surface area contributed by atoms with E-state index >= 15 is 0 Å². The average molecular weight is 205 g/mol. The van der Waals surface area contributed by atoms with Gasteiger partial charge in [-0.2, -0.15) is 0 Å². The third kappa shape index (κ3) is 1.71. The molecule has 2 rings (SSSR count). The number of para-hydroxylation sites is 1. The second kappa shape index (κ2) is 4.14. The van der Waals surface area contributed by atoms with Crippen LogP contribution in [0.1, 0.15) is 5.56 Å². The first-order chi connectivity index (χ1) is 7.36. The molecule has 0 unspecified atom stereocenters. The first-order valence-corrected chi connectivity index (χ1v) is 4.54. The van der Waals surface area contributed by atoms with Gasteiger partial charge in [0.05, 0.1) is 25.5 Å². The number of aromatic nitrogens is 1. The van der Waals surface area contributed by atoms with Crippen molar-refractivity contribution in [2.75, 3.05) is 7.11 Å². The summed E-state index contributed by atoms with van der Waals surface area (Å²) < 4.78 is 10.3. The number of ether oxygens (including phenoxy) is 1. The van der Waals surface area contributed by atoms with Crippen LogP contribution in [0.15, 0.2) is 35.0 Å². The quantitative estimate of drug-likeness (QED) is 0.830. The van der Waals surface area contributed by atoms with Crippen molar-refractivity contribution < 1.29 is 14.4 Å². The van der Waals surface area contributed by atoms with E-state index in [-0.39, 0.29) is 6.61 Å². The first kappa shape index (κ1) is 9.73. The van der Waals surface area contributed by atoms with E-state index in [2.05, 4.69) is 5.16 Å². The molecular formula is C11H11NO3. The van der Waals surface area contributed by atoms with Crippen molar-refractivity contribution in [1.82, 2.24) is 5.16 Å². The van der Waals surface area contributed by atoms with Crippen LogP contribution < -0.4 is 4.74 Å². The Kier molecular flexibility index (Phi) is 2.69.